The fourth-order valence-electron chi connectivity index (χ4n) is 0.857. The average molecular weight is 237 g/mol. The molecule has 1 rings (SSSR count). The number of allylic oxidation sites excluding steroid dienone is 1. The molecule has 0 spiro atoms. The van der Waals surface area contributed by atoms with Crippen molar-refractivity contribution in [2.45, 2.75) is 11.0 Å². The lowest BCUT2D eigenvalue weighted by molar-refractivity contribution is 0.321. The molecule has 0 bridgehead atoms. The van der Waals surface area contributed by atoms with E-state index < -0.39 is 6.08 Å². The lowest BCUT2D eigenvalue weighted by Gasteiger charge is -2.03. The molecule has 78 valence electrons. The van der Waals surface area contributed by atoms with E-state index in [2.05, 4.69) is 5.16 Å². The van der Waals surface area contributed by atoms with Crippen LogP contribution in [0.3, 0.4) is 0 Å². The summed E-state index contributed by atoms with van der Waals surface area (Å²) in [4.78, 5) is 0. The minimum absolute atomic E-state index is 0.178. The topological polar surface area (TPSA) is 32.6 Å². The Kier molecular flexibility index (Phi) is 5.03. The Balaban J connectivity index is 2.16. The van der Waals surface area contributed by atoms with Crippen molar-refractivity contribution in [2.24, 2.45) is 5.16 Å². The summed E-state index contributed by atoms with van der Waals surface area (Å²) in [6, 6.07) is 0. The van der Waals surface area contributed by atoms with Crippen LogP contribution in [-0.4, -0.2) is 20.6 Å². The molecular formula is C8H9F2NOS2. The molecule has 1 aliphatic heterocycles. The van der Waals surface area contributed by atoms with Crippen LogP contribution < -0.4 is 0 Å². The standard InChI is InChI=1S/C8H9F2NOS2/c9-6(10)2-1-5-13-8-4-3-7(11-12)14-8/h2-4,8,12H,1,5H2/b11-7-. The predicted octanol–water partition coefficient (Wildman–Crippen LogP) is 3.31. The average Bonchev–Trinajstić information content (AvgIpc) is 2.60. The number of thioether (sulfide) groups is 2. The number of hydrogen-bond donors (Lipinski definition) is 1. The van der Waals surface area contributed by atoms with E-state index in [0.717, 1.165) is 6.08 Å². The van der Waals surface area contributed by atoms with Crippen molar-refractivity contribution >= 4 is 28.6 Å². The molecule has 0 saturated carbocycles. The molecule has 0 aromatic carbocycles. The molecule has 0 saturated heterocycles. The van der Waals surface area contributed by atoms with Crippen molar-refractivity contribution in [2.75, 3.05) is 5.75 Å². The van der Waals surface area contributed by atoms with E-state index >= 15 is 0 Å². The molecule has 1 heterocycles. The maximum Gasteiger partial charge on any atom is 0.266 e. The van der Waals surface area contributed by atoms with Gasteiger partial charge in [0.05, 0.1) is 4.58 Å². The Morgan fingerprint density at radius 3 is 3.07 bits per heavy atom. The predicted molar refractivity (Wildman–Crippen MR) is 57.1 cm³/mol. The highest BCUT2D eigenvalue weighted by Crippen LogP contribution is 2.32. The van der Waals surface area contributed by atoms with Crippen LogP contribution in [0, 0.1) is 0 Å². The number of rotatable bonds is 4. The second kappa shape index (κ2) is 6.08. The minimum Gasteiger partial charge on any atom is -0.410 e. The van der Waals surface area contributed by atoms with Gasteiger partial charge in [-0.05, 0) is 24.3 Å². The first kappa shape index (κ1) is 11.6. The van der Waals surface area contributed by atoms with Crippen molar-refractivity contribution in [1.29, 1.82) is 0 Å². The first-order valence-electron chi connectivity index (χ1n) is 3.92. The summed E-state index contributed by atoms with van der Waals surface area (Å²) in [7, 11) is 0. The lowest BCUT2D eigenvalue weighted by Crippen LogP contribution is -1.90. The van der Waals surface area contributed by atoms with Crippen molar-refractivity contribution in [3.8, 4) is 0 Å². The van der Waals surface area contributed by atoms with Crippen LogP contribution in [0.4, 0.5) is 8.78 Å². The van der Waals surface area contributed by atoms with Crippen molar-refractivity contribution in [3.63, 3.8) is 0 Å². The highest BCUT2D eigenvalue weighted by atomic mass is 32.2. The summed E-state index contributed by atoms with van der Waals surface area (Å²) in [5, 5.41) is 12.0. The third kappa shape index (κ3) is 4.15. The van der Waals surface area contributed by atoms with Crippen LogP contribution in [-0.2, 0) is 0 Å². The molecule has 1 unspecified atom stereocenters. The molecule has 1 aliphatic rings. The summed E-state index contributed by atoms with van der Waals surface area (Å²) < 4.78 is 23.4. The monoisotopic (exact) mass is 237 g/mol. The van der Waals surface area contributed by atoms with Crippen LogP contribution in [0.2, 0.25) is 0 Å². The molecule has 0 aromatic rings. The number of nitrogens with zero attached hydrogens (tertiary/aromatic N) is 1. The second-order valence-electron chi connectivity index (χ2n) is 2.44. The van der Waals surface area contributed by atoms with E-state index in [4.69, 9.17) is 5.21 Å². The summed E-state index contributed by atoms with van der Waals surface area (Å²) in [5.74, 6) is 0.637. The first-order valence-corrected chi connectivity index (χ1v) is 5.85. The van der Waals surface area contributed by atoms with Crippen LogP contribution in [0.15, 0.2) is 29.5 Å². The zero-order chi connectivity index (χ0) is 10.4. The maximum absolute atomic E-state index is 11.6. The van der Waals surface area contributed by atoms with Gasteiger partial charge >= 0.3 is 0 Å². The van der Waals surface area contributed by atoms with Crippen LogP contribution in [0.5, 0.6) is 0 Å². The maximum atomic E-state index is 11.6. The molecule has 0 aliphatic carbocycles. The fourth-order valence-corrected chi connectivity index (χ4v) is 2.99. The Bertz CT molecular complexity index is 275. The summed E-state index contributed by atoms with van der Waals surface area (Å²) >= 11 is 2.96. The van der Waals surface area contributed by atoms with Crippen LogP contribution in [0.1, 0.15) is 6.42 Å². The van der Waals surface area contributed by atoms with Gasteiger partial charge in [0.25, 0.3) is 6.08 Å². The molecule has 1 atom stereocenters. The van der Waals surface area contributed by atoms with Crippen molar-refractivity contribution in [3.05, 3.63) is 24.3 Å². The van der Waals surface area contributed by atoms with E-state index in [1.165, 1.54) is 11.8 Å². The van der Waals surface area contributed by atoms with Gasteiger partial charge in [-0.3, -0.25) is 0 Å². The number of oxime groups is 1. The third-order valence-corrected chi connectivity index (χ3v) is 3.93. The normalized spacial score (nSPS) is 23.0. The lowest BCUT2D eigenvalue weighted by atomic mass is 10.5. The molecule has 0 radical (unpaired) electrons. The van der Waals surface area contributed by atoms with E-state index in [0.29, 0.717) is 17.2 Å². The Hall–Kier alpha value is -0.490. The molecular weight excluding hydrogens is 228 g/mol. The van der Waals surface area contributed by atoms with Crippen LogP contribution in [0.25, 0.3) is 0 Å². The zero-order valence-electron chi connectivity index (χ0n) is 7.19. The highest BCUT2D eigenvalue weighted by Gasteiger charge is 2.15. The molecule has 0 fully saturated rings. The van der Waals surface area contributed by atoms with Gasteiger partial charge in [0.2, 0.25) is 0 Å². The fraction of sp³-hybridized carbons (Fsp3) is 0.375. The number of hydrogen-bond acceptors (Lipinski definition) is 4. The van der Waals surface area contributed by atoms with E-state index in [-0.39, 0.29) is 4.58 Å². The SMILES string of the molecule is O/N=C1/C=CC(SCCC=C(F)F)S1. The van der Waals surface area contributed by atoms with E-state index in [1.807, 2.05) is 6.08 Å². The Morgan fingerprint density at radius 2 is 2.50 bits per heavy atom. The van der Waals surface area contributed by atoms with Gasteiger partial charge in [-0.1, -0.05) is 23.0 Å². The summed E-state index contributed by atoms with van der Waals surface area (Å²) in [6.45, 7) is 0. The smallest absolute Gasteiger partial charge is 0.266 e. The first-order chi connectivity index (χ1) is 6.72. The largest absolute Gasteiger partial charge is 0.410 e. The second-order valence-corrected chi connectivity index (χ2v) is 5.15. The summed E-state index contributed by atoms with van der Waals surface area (Å²) in [6.07, 6.45) is 3.26. The van der Waals surface area contributed by atoms with Gasteiger partial charge in [0.1, 0.15) is 5.04 Å². The Labute approximate surface area is 89.1 Å². The highest BCUT2D eigenvalue weighted by molar-refractivity contribution is 8.25. The van der Waals surface area contributed by atoms with Crippen LogP contribution >= 0.6 is 23.5 Å². The molecule has 6 heteroatoms. The molecule has 0 amide bonds. The molecule has 2 nitrogen and oxygen atoms in total. The minimum atomic E-state index is -1.63. The number of halogens is 2. The van der Waals surface area contributed by atoms with Crippen molar-refractivity contribution < 1.29 is 14.0 Å². The molecule has 14 heavy (non-hydrogen) atoms. The summed E-state index contributed by atoms with van der Waals surface area (Å²) in [5.41, 5.74) is 0. The van der Waals surface area contributed by atoms with E-state index in [1.54, 1.807) is 17.8 Å². The van der Waals surface area contributed by atoms with Gasteiger partial charge in [0, 0.05) is 0 Å². The molecule has 1 N–H and O–H groups in total. The van der Waals surface area contributed by atoms with Gasteiger partial charge in [0.15, 0.2) is 0 Å². The third-order valence-electron chi connectivity index (χ3n) is 1.43. The molecule has 0 aromatic heterocycles. The van der Waals surface area contributed by atoms with Gasteiger partial charge < -0.3 is 5.21 Å². The van der Waals surface area contributed by atoms with Gasteiger partial charge in [-0.2, -0.15) is 8.78 Å². The zero-order valence-corrected chi connectivity index (χ0v) is 8.82. The van der Waals surface area contributed by atoms with E-state index in [9.17, 15) is 8.78 Å². The quantitative estimate of drug-likeness (QED) is 0.462. The van der Waals surface area contributed by atoms with Crippen molar-refractivity contribution in [1.82, 2.24) is 0 Å². The van der Waals surface area contributed by atoms with Gasteiger partial charge in [-0.15, -0.1) is 11.8 Å². The van der Waals surface area contributed by atoms with Gasteiger partial charge in [-0.25, -0.2) is 0 Å². The Morgan fingerprint density at radius 1 is 1.71 bits per heavy atom.